The lowest BCUT2D eigenvalue weighted by molar-refractivity contribution is -0.121. The zero-order valence-electron chi connectivity index (χ0n) is 13.6. The molecule has 120 valence electrons. The van der Waals surface area contributed by atoms with Gasteiger partial charge in [-0.05, 0) is 36.3 Å². The molecule has 3 heteroatoms. The van der Waals surface area contributed by atoms with Gasteiger partial charge in [-0.25, -0.2) is 8.78 Å². The van der Waals surface area contributed by atoms with E-state index in [1.807, 2.05) is 24.3 Å². The second-order valence-electron chi connectivity index (χ2n) is 6.13. The molecule has 0 radical (unpaired) electrons. The van der Waals surface area contributed by atoms with Gasteiger partial charge in [0.15, 0.2) is 0 Å². The molecule has 21 heavy (non-hydrogen) atoms. The van der Waals surface area contributed by atoms with Crippen LogP contribution >= 0.6 is 0 Å². The highest BCUT2D eigenvalue weighted by atomic mass is 19.3. The summed E-state index contributed by atoms with van der Waals surface area (Å²) in [6.07, 6.45) is 0.957. The Hall–Kier alpha value is -0.960. The van der Waals surface area contributed by atoms with Crippen LogP contribution in [0.15, 0.2) is 24.3 Å². The summed E-state index contributed by atoms with van der Waals surface area (Å²) < 4.78 is 26.7. The first-order valence-electron chi connectivity index (χ1n) is 7.97. The van der Waals surface area contributed by atoms with Crippen molar-refractivity contribution in [2.75, 3.05) is 0 Å². The Morgan fingerprint density at radius 3 is 2.05 bits per heavy atom. The van der Waals surface area contributed by atoms with Crippen LogP contribution < -0.4 is 0 Å². The smallest absolute Gasteiger partial charge is 0.244 e. The molecule has 0 aromatic heterocycles. The van der Waals surface area contributed by atoms with E-state index in [0.717, 1.165) is 19.3 Å². The maximum atomic E-state index is 13.3. The first-order chi connectivity index (χ1) is 9.87. The van der Waals surface area contributed by atoms with E-state index in [1.54, 1.807) is 20.8 Å². The molecule has 0 saturated carbocycles. The summed E-state index contributed by atoms with van der Waals surface area (Å²) in [6.45, 7) is 7.45. The second kappa shape index (κ2) is 7.88. The average Bonchev–Trinajstić information content (AvgIpc) is 2.45. The third-order valence-corrected chi connectivity index (χ3v) is 4.42. The molecule has 1 N–H and O–H groups in total. The van der Waals surface area contributed by atoms with Crippen LogP contribution in [0, 0.1) is 11.8 Å². The molecular formula is C18H28F2O. The molecular weight excluding hydrogens is 270 g/mol. The molecule has 1 rings (SSSR count). The number of hydrogen-bond donors (Lipinski definition) is 1. The number of aliphatic hydroxyl groups is 1. The van der Waals surface area contributed by atoms with Crippen molar-refractivity contribution < 1.29 is 13.9 Å². The van der Waals surface area contributed by atoms with Crippen molar-refractivity contribution in [1.82, 2.24) is 0 Å². The van der Waals surface area contributed by atoms with E-state index in [-0.39, 0.29) is 12.3 Å². The van der Waals surface area contributed by atoms with E-state index < -0.39 is 17.9 Å². The molecule has 1 nitrogen and oxygen atoms in total. The highest BCUT2D eigenvalue weighted by molar-refractivity contribution is 5.29. The molecule has 0 amide bonds. The summed E-state index contributed by atoms with van der Waals surface area (Å²) in [4.78, 5) is 0. The molecule has 0 bridgehead atoms. The highest BCUT2D eigenvalue weighted by Gasteiger charge is 2.44. The predicted molar refractivity (Wildman–Crippen MR) is 83.6 cm³/mol. The molecule has 0 fully saturated rings. The van der Waals surface area contributed by atoms with Gasteiger partial charge in [0.05, 0.1) is 5.92 Å². The van der Waals surface area contributed by atoms with E-state index in [2.05, 4.69) is 6.92 Å². The Labute approximate surface area is 127 Å². The van der Waals surface area contributed by atoms with Gasteiger partial charge in [-0.3, -0.25) is 0 Å². The van der Waals surface area contributed by atoms with Gasteiger partial charge in [-0.15, -0.1) is 0 Å². The van der Waals surface area contributed by atoms with Crippen LogP contribution in [0.5, 0.6) is 0 Å². The van der Waals surface area contributed by atoms with Gasteiger partial charge in [-0.1, -0.05) is 58.4 Å². The Morgan fingerprint density at radius 2 is 1.67 bits per heavy atom. The minimum Gasteiger partial charge on any atom is -0.384 e. The second-order valence-corrected chi connectivity index (χ2v) is 6.13. The van der Waals surface area contributed by atoms with Crippen LogP contribution in [0.4, 0.5) is 8.78 Å². The maximum Gasteiger partial charge on any atom is 0.244 e. The summed E-state index contributed by atoms with van der Waals surface area (Å²) in [6, 6.07) is 7.54. The fraction of sp³-hybridized carbons (Fsp3) is 0.667. The zero-order chi connectivity index (χ0) is 16.0. The summed E-state index contributed by atoms with van der Waals surface area (Å²) in [5.41, 5.74) is 0.313. The molecule has 0 heterocycles. The van der Waals surface area contributed by atoms with Crippen LogP contribution in [0.3, 0.4) is 0 Å². The van der Waals surface area contributed by atoms with Crippen LogP contribution in [-0.2, 0) is 12.0 Å². The Balaban J connectivity index is 3.10. The van der Waals surface area contributed by atoms with Gasteiger partial charge < -0.3 is 5.11 Å². The van der Waals surface area contributed by atoms with Crippen molar-refractivity contribution in [1.29, 1.82) is 0 Å². The highest BCUT2D eigenvalue weighted by Crippen LogP contribution is 2.41. The SMILES string of the molecule is CCCCc1ccc(C(O)(C(C)C)C(CC)C(F)F)cc1. The van der Waals surface area contributed by atoms with E-state index >= 15 is 0 Å². The zero-order valence-corrected chi connectivity index (χ0v) is 13.6. The lowest BCUT2D eigenvalue weighted by Gasteiger charge is -2.39. The number of hydrogen-bond acceptors (Lipinski definition) is 1. The normalized spacial score (nSPS) is 16.2. The topological polar surface area (TPSA) is 20.2 Å². The average molecular weight is 298 g/mol. The first kappa shape index (κ1) is 18.1. The van der Waals surface area contributed by atoms with Gasteiger partial charge in [-0.2, -0.15) is 0 Å². The van der Waals surface area contributed by atoms with Crippen molar-refractivity contribution in [3.8, 4) is 0 Å². The monoisotopic (exact) mass is 298 g/mol. The van der Waals surface area contributed by atoms with E-state index in [9.17, 15) is 13.9 Å². The minimum atomic E-state index is -2.53. The number of rotatable bonds is 8. The summed E-state index contributed by atoms with van der Waals surface area (Å²) in [5.74, 6) is -1.31. The lowest BCUT2D eigenvalue weighted by atomic mass is 9.72. The van der Waals surface area contributed by atoms with Crippen molar-refractivity contribution >= 4 is 0 Å². The van der Waals surface area contributed by atoms with Crippen LogP contribution in [-0.4, -0.2) is 11.5 Å². The number of unbranched alkanes of at least 4 members (excludes halogenated alkanes) is 1. The summed E-state index contributed by atoms with van der Waals surface area (Å²) in [7, 11) is 0. The molecule has 0 aliphatic rings. The van der Waals surface area contributed by atoms with E-state index in [4.69, 9.17) is 0 Å². The number of benzene rings is 1. The van der Waals surface area contributed by atoms with Gasteiger partial charge in [0.25, 0.3) is 0 Å². The molecule has 0 saturated heterocycles. The van der Waals surface area contributed by atoms with Crippen LogP contribution in [0.25, 0.3) is 0 Å². The standard InChI is InChI=1S/C18H28F2O/c1-5-7-8-14-9-11-15(12-10-14)18(21,13(3)4)16(6-2)17(19)20/h9-13,16-17,21H,5-8H2,1-4H3. The van der Waals surface area contributed by atoms with E-state index in [0.29, 0.717) is 5.56 Å². The minimum absolute atomic E-state index is 0.254. The third kappa shape index (κ3) is 4.03. The van der Waals surface area contributed by atoms with Gasteiger partial charge in [0.1, 0.15) is 5.60 Å². The molecule has 1 aromatic rings. The Morgan fingerprint density at radius 1 is 1.10 bits per heavy atom. The quantitative estimate of drug-likeness (QED) is 0.702. The van der Waals surface area contributed by atoms with Crippen molar-refractivity contribution in [2.24, 2.45) is 11.8 Å². The number of aryl methyl sites for hydroxylation is 1. The number of halogens is 2. The van der Waals surface area contributed by atoms with Crippen LogP contribution in [0.1, 0.15) is 58.1 Å². The largest absolute Gasteiger partial charge is 0.384 e. The molecule has 2 atom stereocenters. The van der Waals surface area contributed by atoms with Gasteiger partial charge in [0.2, 0.25) is 6.43 Å². The number of alkyl halides is 2. The predicted octanol–water partition coefficient (Wildman–Crippen LogP) is 5.16. The molecule has 0 spiro atoms. The lowest BCUT2D eigenvalue weighted by Crippen LogP contribution is -2.43. The van der Waals surface area contributed by atoms with Crippen molar-refractivity contribution in [3.05, 3.63) is 35.4 Å². The van der Waals surface area contributed by atoms with Crippen molar-refractivity contribution in [3.63, 3.8) is 0 Å². The molecule has 1 aromatic carbocycles. The van der Waals surface area contributed by atoms with Crippen LogP contribution in [0.2, 0.25) is 0 Å². The van der Waals surface area contributed by atoms with Gasteiger partial charge >= 0.3 is 0 Å². The van der Waals surface area contributed by atoms with Gasteiger partial charge in [0, 0.05) is 0 Å². The van der Waals surface area contributed by atoms with E-state index in [1.165, 1.54) is 5.56 Å². The molecule has 0 aliphatic heterocycles. The maximum absolute atomic E-state index is 13.3. The Kier molecular flexibility index (Phi) is 6.79. The fourth-order valence-corrected chi connectivity index (χ4v) is 2.98. The molecule has 0 aliphatic carbocycles. The molecule has 2 unspecified atom stereocenters. The Bertz CT molecular complexity index is 414. The summed E-state index contributed by atoms with van der Waals surface area (Å²) >= 11 is 0. The summed E-state index contributed by atoms with van der Waals surface area (Å²) in [5, 5.41) is 11.0. The fourth-order valence-electron chi connectivity index (χ4n) is 2.98. The third-order valence-electron chi connectivity index (χ3n) is 4.42. The van der Waals surface area contributed by atoms with Crippen molar-refractivity contribution in [2.45, 2.75) is 65.4 Å². The first-order valence-corrected chi connectivity index (χ1v) is 7.97.